The highest BCUT2D eigenvalue weighted by Gasteiger charge is 2.25. The summed E-state index contributed by atoms with van der Waals surface area (Å²) in [5.74, 6) is -0.0603. The van der Waals surface area contributed by atoms with Gasteiger partial charge in [-0.2, -0.15) is 0 Å². The van der Waals surface area contributed by atoms with Crippen LogP contribution in [0, 0.1) is 5.41 Å². The molecule has 0 radical (unpaired) electrons. The Morgan fingerprint density at radius 3 is 2.62 bits per heavy atom. The van der Waals surface area contributed by atoms with Gasteiger partial charge in [0.25, 0.3) is 0 Å². The quantitative estimate of drug-likeness (QED) is 0.845. The zero-order valence-electron chi connectivity index (χ0n) is 9.59. The highest BCUT2D eigenvalue weighted by atomic mass is 35.5. The van der Waals surface area contributed by atoms with Gasteiger partial charge in [0.05, 0.1) is 5.41 Å². The summed E-state index contributed by atoms with van der Waals surface area (Å²) in [5, 5.41) is 3.49. The van der Waals surface area contributed by atoms with Crippen molar-refractivity contribution < 1.29 is 4.79 Å². The van der Waals surface area contributed by atoms with Crippen LogP contribution in [0.5, 0.6) is 0 Å². The Kier molecular flexibility index (Phi) is 4.33. The van der Waals surface area contributed by atoms with Crippen molar-refractivity contribution in [1.82, 2.24) is 5.32 Å². The molecule has 0 fully saturated rings. The average Bonchev–Trinajstić information content (AvgIpc) is 2.27. The second kappa shape index (κ2) is 5.32. The number of halogens is 1. The van der Waals surface area contributed by atoms with Crippen molar-refractivity contribution in [3.8, 4) is 0 Å². The molecule has 0 bridgehead atoms. The number of amides is 1. The van der Waals surface area contributed by atoms with Crippen LogP contribution >= 0.6 is 11.6 Å². The van der Waals surface area contributed by atoms with Crippen molar-refractivity contribution in [3.05, 3.63) is 34.9 Å². The van der Waals surface area contributed by atoms with Crippen molar-refractivity contribution in [2.75, 3.05) is 6.54 Å². The van der Waals surface area contributed by atoms with Gasteiger partial charge in [0.15, 0.2) is 0 Å². The lowest BCUT2D eigenvalue weighted by molar-refractivity contribution is -0.129. The van der Waals surface area contributed by atoms with E-state index in [0.29, 0.717) is 18.1 Å². The predicted molar refractivity (Wildman–Crippen MR) is 66.1 cm³/mol. The molecule has 0 spiro atoms. The molecule has 16 heavy (non-hydrogen) atoms. The summed E-state index contributed by atoms with van der Waals surface area (Å²) in [6, 6.07) is 7.44. The monoisotopic (exact) mass is 240 g/mol. The average molecular weight is 241 g/mol. The maximum atomic E-state index is 11.7. The van der Waals surface area contributed by atoms with Crippen molar-refractivity contribution in [1.29, 1.82) is 0 Å². The minimum absolute atomic E-state index is 0.0603. The third kappa shape index (κ3) is 3.22. The van der Waals surface area contributed by atoms with E-state index in [1.165, 1.54) is 0 Å². The van der Waals surface area contributed by atoms with Gasteiger partial charge in [-0.3, -0.25) is 4.79 Å². The van der Waals surface area contributed by atoms with Crippen molar-refractivity contribution >= 4 is 17.5 Å². The molecule has 1 rings (SSSR count). The largest absolute Gasteiger partial charge is 0.351 e. The first kappa shape index (κ1) is 13.0. The number of benzene rings is 1. The second-order valence-corrected chi connectivity index (χ2v) is 4.77. The number of nitrogens with two attached hydrogens (primary N) is 1. The Balaban J connectivity index is 2.59. The van der Waals surface area contributed by atoms with E-state index in [-0.39, 0.29) is 5.91 Å². The zero-order chi connectivity index (χ0) is 12.2. The highest BCUT2D eigenvalue weighted by Crippen LogP contribution is 2.16. The molecule has 0 unspecified atom stereocenters. The van der Waals surface area contributed by atoms with E-state index in [4.69, 9.17) is 17.3 Å². The van der Waals surface area contributed by atoms with Gasteiger partial charge in [-0.05, 0) is 25.5 Å². The maximum absolute atomic E-state index is 11.7. The summed E-state index contributed by atoms with van der Waals surface area (Å²) in [5.41, 5.74) is 5.89. The molecular formula is C12H17ClN2O. The van der Waals surface area contributed by atoms with Gasteiger partial charge in [0.1, 0.15) is 0 Å². The minimum atomic E-state index is -0.540. The van der Waals surface area contributed by atoms with Crippen molar-refractivity contribution in [2.24, 2.45) is 11.1 Å². The van der Waals surface area contributed by atoms with Crippen LogP contribution in [0.4, 0.5) is 0 Å². The number of rotatable bonds is 4. The standard InChI is InChI=1S/C12H17ClN2O/c1-12(2,8-14)11(16)15-7-9-5-3-4-6-10(9)13/h3-6H,7-8,14H2,1-2H3,(H,15,16). The van der Waals surface area contributed by atoms with Crippen molar-refractivity contribution in [3.63, 3.8) is 0 Å². The Morgan fingerprint density at radius 1 is 1.44 bits per heavy atom. The SMILES string of the molecule is CC(C)(CN)C(=O)NCc1ccccc1Cl. The third-order valence-corrected chi connectivity index (χ3v) is 2.89. The summed E-state index contributed by atoms with van der Waals surface area (Å²) >= 11 is 5.98. The lowest BCUT2D eigenvalue weighted by Crippen LogP contribution is -2.41. The fourth-order valence-corrected chi connectivity index (χ4v) is 1.35. The van der Waals surface area contributed by atoms with Gasteiger partial charge in [-0.15, -0.1) is 0 Å². The van der Waals surface area contributed by atoms with E-state index in [2.05, 4.69) is 5.32 Å². The van der Waals surface area contributed by atoms with Gasteiger partial charge in [0.2, 0.25) is 5.91 Å². The van der Waals surface area contributed by atoms with E-state index in [1.807, 2.05) is 32.0 Å². The molecule has 1 aromatic carbocycles. The van der Waals surface area contributed by atoms with Crippen LogP contribution in [-0.2, 0) is 11.3 Å². The van der Waals surface area contributed by atoms with Crippen molar-refractivity contribution in [2.45, 2.75) is 20.4 Å². The highest BCUT2D eigenvalue weighted by molar-refractivity contribution is 6.31. The number of carbonyl (C=O) groups is 1. The van der Waals surface area contributed by atoms with E-state index >= 15 is 0 Å². The van der Waals surface area contributed by atoms with Crippen LogP contribution in [0.25, 0.3) is 0 Å². The second-order valence-electron chi connectivity index (χ2n) is 4.36. The van der Waals surface area contributed by atoms with Crippen LogP contribution in [0.1, 0.15) is 19.4 Å². The number of nitrogens with one attached hydrogen (secondary N) is 1. The van der Waals surface area contributed by atoms with Crippen LogP contribution in [0.3, 0.4) is 0 Å². The lowest BCUT2D eigenvalue weighted by Gasteiger charge is -2.21. The Labute approximate surface area is 101 Å². The summed E-state index contributed by atoms with van der Waals surface area (Å²) in [6.07, 6.45) is 0. The van der Waals surface area contributed by atoms with Crippen LogP contribution in [0.15, 0.2) is 24.3 Å². The van der Waals surface area contributed by atoms with Gasteiger partial charge in [0, 0.05) is 18.1 Å². The summed E-state index contributed by atoms with van der Waals surface area (Å²) in [7, 11) is 0. The predicted octanol–water partition coefficient (Wildman–Crippen LogP) is 1.94. The molecule has 0 aromatic heterocycles. The molecule has 0 atom stereocenters. The molecule has 0 saturated carbocycles. The Hall–Kier alpha value is -1.06. The molecule has 4 heteroatoms. The molecule has 0 saturated heterocycles. The van der Waals surface area contributed by atoms with E-state index in [1.54, 1.807) is 6.07 Å². The fourth-order valence-electron chi connectivity index (χ4n) is 1.15. The first-order chi connectivity index (χ1) is 7.47. The summed E-state index contributed by atoms with van der Waals surface area (Å²) < 4.78 is 0. The molecule has 0 heterocycles. The first-order valence-electron chi connectivity index (χ1n) is 5.19. The molecule has 3 nitrogen and oxygen atoms in total. The molecule has 1 aromatic rings. The Morgan fingerprint density at radius 2 is 2.06 bits per heavy atom. The molecule has 88 valence electrons. The topological polar surface area (TPSA) is 55.1 Å². The molecule has 3 N–H and O–H groups in total. The summed E-state index contributed by atoms with van der Waals surface area (Å²) in [6.45, 7) is 4.38. The van der Waals surface area contributed by atoms with Crippen LogP contribution in [-0.4, -0.2) is 12.5 Å². The minimum Gasteiger partial charge on any atom is -0.351 e. The maximum Gasteiger partial charge on any atom is 0.227 e. The van der Waals surface area contributed by atoms with Crippen LogP contribution in [0.2, 0.25) is 5.02 Å². The molecule has 0 aliphatic heterocycles. The molecule has 0 aliphatic rings. The molecular weight excluding hydrogens is 224 g/mol. The smallest absolute Gasteiger partial charge is 0.227 e. The van der Waals surface area contributed by atoms with Gasteiger partial charge < -0.3 is 11.1 Å². The van der Waals surface area contributed by atoms with Crippen LogP contribution < -0.4 is 11.1 Å². The normalized spacial score (nSPS) is 11.2. The van der Waals surface area contributed by atoms with E-state index in [0.717, 1.165) is 5.56 Å². The van der Waals surface area contributed by atoms with E-state index in [9.17, 15) is 4.79 Å². The first-order valence-corrected chi connectivity index (χ1v) is 5.57. The number of hydrogen-bond donors (Lipinski definition) is 2. The van der Waals surface area contributed by atoms with Gasteiger partial charge in [-0.25, -0.2) is 0 Å². The third-order valence-electron chi connectivity index (χ3n) is 2.52. The summed E-state index contributed by atoms with van der Waals surface area (Å²) in [4.78, 5) is 11.7. The Bertz CT molecular complexity index is 377. The number of hydrogen-bond acceptors (Lipinski definition) is 2. The van der Waals surface area contributed by atoms with Gasteiger partial charge >= 0.3 is 0 Å². The number of carbonyl (C=O) groups excluding carboxylic acids is 1. The van der Waals surface area contributed by atoms with Gasteiger partial charge in [-0.1, -0.05) is 29.8 Å². The molecule has 0 aliphatic carbocycles. The molecule has 1 amide bonds. The van der Waals surface area contributed by atoms with E-state index < -0.39 is 5.41 Å². The lowest BCUT2D eigenvalue weighted by atomic mass is 9.92. The zero-order valence-corrected chi connectivity index (χ0v) is 10.3. The fraction of sp³-hybridized carbons (Fsp3) is 0.417.